The first-order valence-electron chi connectivity index (χ1n) is 10.3. The Labute approximate surface area is 205 Å². The van der Waals surface area contributed by atoms with Gasteiger partial charge in [0.25, 0.3) is 5.91 Å². The van der Waals surface area contributed by atoms with Crippen LogP contribution in [0.5, 0.6) is 0 Å². The Kier molecular flexibility index (Phi) is 8.39. The number of benzene rings is 2. The van der Waals surface area contributed by atoms with Crippen LogP contribution in [0, 0.1) is 0 Å². The highest BCUT2D eigenvalue weighted by atomic mass is 35.5. The summed E-state index contributed by atoms with van der Waals surface area (Å²) in [7, 11) is 1.21. The molecule has 1 aromatic heterocycles. The number of carboxylic acids is 1. The number of azide groups is 1. The summed E-state index contributed by atoms with van der Waals surface area (Å²) in [6.45, 7) is -0.0658. The number of esters is 1. The Morgan fingerprint density at radius 2 is 1.91 bits per heavy atom. The van der Waals surface area contributed by atoms with Crippen LogP contribution in [0.4, 0.5) is 5.69 Å². The molecule has 0 aliphatic rings. The Morgan fingerprint density at radius 3 is 2.51 bits per heavy atom. The molecule has 0 fully saturated rings. The van der Waals surface area contributed by atoms with Gasteiger partial charge in [-0.2, -0.15) is 0 Å². The summed E-state index contributed by atoms with van der Waals surface area (Å²) in [5, 5.41) is 13.0. The number of nitrogens with zero attached hydrogens (tertiary/aromatic N) is 5. The zero-order chi connectivity index (χ0) is 25.4. The standard InChI is InChI=1S/C24H20ClN5O5/c1-35-24(34)21(13-18-4-2-3-11-27-18)30(14-15-5-7-16(8-6-15)23(32)33)22(31)19-10-9-17(25)12-20(19)28-29-26/h2-12,21H,13-14H2,1H3,(H,32,33). The van der Waals surface area contributed by atoms with Gasteiger partial charge in [-0.05, 0) is 53.6 Å². The Bertz CT molecular complexity index is 1280. The molecule has 178 valence electrons. The average Bonchev–Trinajstić information content (AvgIpc) is 2.86. The molecule has 1 heterocycles. The number of carboxylic acid groups (broad SMARTS) is 1. The molecule has 3 aromatic rings. The quantitative estimate of drug-likeness (QED) is 0.196. The van der Waals surface area contributed by atoms with Crippen LogP contribution in [-0.2, 0) is 22.5 Å². The van der Waals surface area contributed by atoms with Crippen molar-refractivity contribution >= 4 is 35.1 Å². The van der Waals surface area contributed by atoms with Crippen molar-refractivity contribution in [3.63, 3.8) is 0 Å². The SMILES string of the molecule is COC(=O)C(Cc1ccccn1)N(Cc1ccc(C(=O)O)cc1)C(=O)c1ccc(Cl)cc1N=[N+]=[N-]. The molecule has 10 nitrogen and oxygen atoms in total. The number of carbonyl (C=O) groups excluding carboxylic acids is 2. The number of aromatic nitrogens is 1. The summed E-state index contributed by atoms with van der Waals surface area (Å²) >= 11 is 6.01. The van der Waals surface area contributed by atoms with E-state index in [1.54, 1.807) is 36.5 Å². The number of halogens is 1. The first-order chi connectivity index (χ1) is 16.8. The van der Waals surface area contributed by atoms with E-state index in [9.17, 15) is 19.5 Å². The molecule has 0 aliphatic carbocycles. The van der Waals surface area contributed by atoms with Gasteiger partial charge in [-0.25, -0.2) is 9.59 Å². The molecule has 1 N–H and O–H groups in total. The fourth-order valence-electron chi connectivity index (χ4n) is 3.42. The van der Waals surface area contributed by atoms with Crippen LogP contribution in [-0.4, -0.2) is 46.0 Å². The third-order valence-corrected chi connectivity index (χ3v) is 5.37. The maximum Gasteiger partial charge on any atom is 0.335 e. The fraction of sp³-hybridized carbons (Fsp3) is 0.167. The number of ether oxygens (including phenoxy) is 1. The van der Waals surface area contributed by atoms with Gasteiger partial charge in [0, 0.05) is 40.4 Å². The van der Waals surface area contributed by atoms with Crippen molar-refractivity contribution in [3.8, 4) is 0 Å². The minimum Gasteiger partial charge on any atom is -0.478 e. The van der Waals surface area contributed by atoms with Crippen molar-refractivity contribution in [1.82, 2.24) is 9.88 Å². The molecule has 2 aromatic carbocycles. The zero-order valence-electron chi connectivity index (χ0n) is 18.5. The van der Waals surface area contributed by atoms with E-state index in [0.717, 1.165) is 0 Å². The lowest BCUT2D eigenvalue weighted by molar-refractivity contribution is -0.146. The molecular formula is C24H20ClN5O5. The minimum atomic E-state index is -1.09. The molecule has 11 heteroatoms. The normalized spacial score (nSPS) is 11.1. The van der Waals surface area contributed by atoms with Crippen molar-refractivity contribution < 1.29 is 24.2 Å². The van der Waals surface area contributed by atoms with Crippen LogP contribution in [0.25, 0.3) is 10.4 Å². The van der Waals surface area contributed by atoms with Gasteiger partial charge in [-0.15, -0.1) is 0 Å². The average molecular weight is 494 g/mol. The molecule has 1 unspecified atom stereocenters. The number of pyridine rings is 1. The first kappa shape index (κ1) is 25.2. The Balaban J connectivity index is 2.09. The highest BCUT2D eigenvalue weighted by Gasteiger charge is 2.33. The number of hydrogen-bond donors (Lipinski definition) is 1. The summed E-state index contributed by atoms with van der Waals surface area (Å²) in [6.07, 6.45) is 1.62. The van der Waals surface area contributed by atoms with Gasteiger partial charge < -0.3 is 14.7 Å². The monoisotopic (exact) mass is 493 g/mol. The molecule has 0 bridgehead atoms. The first-order valence-corrected chi connectivity index (χ1v) is 10.7. The second-order valence-electron chi connectivity index (χ2n) is 7.35. The van der Waals surface area contributed by atoms with Crippen molar-refractivity contribution in [3.05, 3.63) is 105 Å². The van der Waals surface area contributed by atoms with Gasteiger partial charge in [0.1, 0.15) is 6.04 Å². The van der Waals surface area contributed by atoms with Gasteiger partial charge >= 0.3 is 11.9 Å². The highest BCUT2D eigenvalue weighted by molar-refractivity contribution is 6.31. The second kappa shape index (κ2) is 11.6. The van der Waals surface area contributed by atoms with Crippen LogP contribution in [0.1, 0.15) is 32.0 Å². The number of hydrogen-bond acceptors (Lipinski definition) is 6. The van der Waals surface area contributed by atoms with Crippen molar-refractivity contribution in [2.45, 2.75) is 19.0 Å². The van der Waals surface area contributed by atoms with Crippen molar-refractivity contribution in [2.24, 2.45) is 5.11 Å². The Morgan fingerprint density at radius 1 is 1.17 bits per heavy atom. The number of amides is 1. The lowest BCUT2D eigenvalue weighted by atomic mass is 10.0. The summed E-state index contributed by atoms with van der Waals surface area (Å²) < 4.78 is 5.00. The molecule has 3 rings (SSSR count). The number of carbonyl (C=O) groups is 3. The number of methoxy groups -OCH3 is 1. The number of rotatable bonds is 9. The predicted octanol–water partition coefficient (Wildman–Crippen LogP) is 4.80. The minimum absolute atomic E-state index is 0.00215. The zero-order valence-corrected chi connectivity index (χ0v) is 19.3. The Hall–Kier alpha value is -4.40. The van der Waals surface area contributed by atoms with Gasteiger partial charge in [-0.3, -0.25) is 9.78 Å². The summed E-state index contributed by atoms with van der Waals surface area (Å²) in [6, 6.07) is 14.2. The molecule has 0 saturated heterocycles. The van der Waals surface area contributed by atoms with Crippen LogP contribution < -0.4 is 0 Å². The molecular weight excluding hydrogens is 474 g/mol. The summed E-state index contributed by atoms with van der Waals surface area (Å²) in [4.78, 5) is 46.1. The van der Waals surface area contributed by atoms with E-state index in [1.165, 1.54) is 42.3 Å². The van der Waals surface area contributed by atoms with Crippen LogP contribution in [0.2, 0.25) is 5.02 Å². The van der Waals surface area contributed by atoms with E-state index in [0.29, 0.717) is 11.3 Å². The smallest absolute Gasteiger partial charge is 0.335 e. The number of aromatic carboxylic acids is 1. The highest BCUT2D eigenvalue weighted by Crippen LogP contribution is 2.27. The van der Waals surface area contributed by atoms with E-state index < -0.39 is 23.9 Å². The second-order valence-corrected chi connectivity index (χ2v) is 7.79. The van der Waals surface area contributed by atoms with Crippen LogP contribution in [0.15, 0.2) is 72.0 Å². The lowest BCUT2D eigenvalue weighted by Gasteiger charge is -2.30. The van der Waals surface area contributed by atoms with E-state index in [-0.39, 0.29) is 34.8 Å². The largest absolute Gasteiger partial charge is 0.478 e. The molecule has 1 amide bonds. The maximum absolute atomic E-state index is 13.8. The van der Waals surface area contributed by atoms with E-state index >= 15 is 0 Å². The van der Waals surface area contributed by atoms with Crippen molar-refractivity contribution in [1.29, 1.82) is 0 Å². The van der Waals surface area contributed by atoms with Crippen LogP contribution >= 0.6 is 11.6 Å². The third kappa shape index (κ3) is 6.35. The molecule has 1 atom stereocenters. The predicted molar refractivity (Wildman–Crippen MR) is 127 cm³/mol. The van der Waals surface area contributed by atoms with Gasteiger partial charge in [0.05, 0.1) is 18.4 Å². The van der Waals surface area contributed by atoms with Gasteiger partial charge in [-0.1, -0.05) is 34.9 Å². The lowest BCUT2D eigenvalue weighted by Crippen LogP contribution is -2.46. The fourth-order valence-corrected chi connectivity index (χ4v) is 3.58. The summed E-state index contributed by atoms with van der Waals surface area (Å²) in [5.74, 6) is -2.38. The van der Waals surface area contributed by atoms with Gasteiger partial charge in [0.2, 0.25) is 0 Å². The topological polar surface area (TPSA) is 146 Å². The molecule has 0 radical (unpaired) electrons. The summed E-state index contributed by atoms with van der Waals surface area (Å²) in [5.41, 5.74) is 10.2. The molecule has 0 aliphatic heterocycles. The van der Waals surface area contributed by atoms with E-state index in [4.69, 9.17) is 21.9 Å². The molecule has 0 spiro atoms. The third-order valence-electron chi connectivity index (χ3n) is 5.14. The van der Waals surface area contributed by atoms with E-state index in [1.807, 2.05) is 0 Å². The molecule has 0 saturated carbocycles. The van der Waals surface area contributed by atoms with E-state index in [2.05, 4.69) is 15.0 Å². The maximum atomic E-state index is 13.8. The molecule has 35 heavy (non-hydrogen) atoms. The van der Waals surface area contributed by atoms with Gasteiger partial charge in [0.15, 0.2) is 0 Å². The van der Waals surface area contributed by atoms with Crippen LogP contribution in [0.3, 0.4) is 0 Å². The van der Waals surface area contributed by atoms with Crippen molar-refractivity contribution in [2.75, 3.05) is 7.11 Å².